The van der Waals surface area contributed by atoms with E-state index in [1.807, 2.05) is 51.1 Å². The number of amides is 1. The molecule has 0 saturated carbocycles. The SMILES string of the molecule is Cc1ccc(NC(=O)c2cc3c(=O)n4cccc(C)c4nc3n2C)cc1C. The fraction of sp³-hybridized carbons (Fsp3) is 0.190. The van der Waals surface area contributed by atoms with Crippen LogP contribution < -0.4 is 10.9 Å². The van der Waals surface area contributed by atoms with E-state index in [-0.39, 0.29) is 11.5 Å². The van der Waals surface area contributed by atoms with Crippen LogP contribution in [-0.2, 0) is 7.05 Å². The molecule has 4 rings (SSSR count). The second kappa shape index (κ2) is 6.09. The molecule has 0 saturated heterocycles. The van der Waals surface area contributed by atoms with Gasteiger partial charge in [-0.1, -0.05) is 12.1 Å². The van der Waals surface area contributed by atoms with Crippen LogP contribution >= 0.6 is 0 Å². The zero-order valence-corrected chi connectivity index (χ0v) is 15.7. The van der Waals surface area contributed by atoms with Gasteiger partial charge in [-0.2, -0.15) is 0 Å². The van der Waals surface area contributed by atoms with Crippen molar-refractivity contribution in [3.8, 4) is 0 Å². The minimum atomic E-state index is -0.274. The molecule has 1 amide bonds. The Kier molecular flexibility index (Phi) is 3.84. The molecule has 0 aliphatic rings. The van der Waals surface area contributed by atoms with Crippen LogP contribution in [0.4, 0.5) is 5.69 Å². The summed E-state index contributed by atoms with van der Waals surface area (Å²) in [6.07, 6.45) is 1.69. The van der Waals surface area contributed by atoms with E-state index in [2.05, 4.69) is 10.3 Å². The third-order valence-corrected chi connectivity index (χ3v) is 5.02. The van der Waals surface area contributed by atoms with Crippen LogP contribution in [0.5, 0.6) is 0 Å². The summed E-state index contributed by atoms with van der Waals surface area (Å²) < 4.78 is 3.18. The number of carbonyl (C=O) groups is 1. The van der Waals surface area contributed by atoms with Crippen molar-refractivity contribution in [1.82, 2.24) is 14.0 Å². The Balaban J connectivity index is 1.83. The average Bonchev–Trinajstić information content (AvgIpc) is 2.97. The molecule has 0 aliphatic carbocycles. The van der Waals surface area contributed by atoms with Gasteiger partial charge in [0.05, 0.1) is 5.39 Å². The summed E-state index contributed by atoms with van der Waals surface area (Å²) in [5.74, 6) is -0.274. The van der Waals surface area contributed by atoms with Gasteiger partial charge in [0, 0.05) is 18.9 Å². The maximum absolute atomic E-state index is 12.8. The molecule has 1 N–H and O–H groups in total. The van der Waals surface area contributed by atoms with Gasteiger partial charge in [-0.3, -0.25) is 14.0 Å². The number of hydrogen-bond acceptors (Lipinski definition) is 3. The fourth-order valence-corrected chi connectivity index (χ4v) is 3.26. The highest BCUT2D eigenvalue weighted by Crippen LogP contribution is 2.19. The molecule has 0 spiro atoms. The van der Waals surface area contributed by atoms with Gasteiger partial charge in [0.15, 0.2) is 0 Å². The summed E-state index contributed by atoms with van der Waals surface area (Å²) in [7, 11) is 1.75. The van der Waals surface area contributed by atoms with Gasteiger partial charge < -0.3 is 9.88 Å². The zero-order valence-electron chi connectivity index (χ0n) is 15.7. The third-order valence-electron chi connectivity index (χ3n) is 5.02. The summed E-state index contributed by atoms with van der Waals surface area (Å²) in [6.45, 7) is 5.93. The lowest BCUT2D eigenvalue weighted by atomic mass is 10.1. The van der Waals surface area contributed by atoms with Crippen LogP contribution in [0.3, 0.4) is 0 Å². The van der Waals surface area contributed by atoms with E-state index in [4.69, 9.17) is 0 Å². The van der Waals surface area contributed by atoms with Crippen LogP contribution in [0.25, 0.3) is 16.7 Å². The highest BCUT2D eigenvalue weighted by Gasteiger charge is 2.18. The molecule has 27 heavy (non-hydrogen) atoms. The van der Waals surface area contributed by atoms with Gasteiger partial charge in [0.25, 0.3) is 11.5 Å². The van der Waals surface area contributed by atoms with Gasteiger partial charge in [0.1, 0.15) is 17.0 Å². The first-order valence-corrected chi connectivity index (χ1v) is 8.73. The highest BCUT2D eigenvalue weighted by atomic mass is 16.2. The number of benzene rings is 1. The molecular weight excluding hydrogens is 340 g/mol. The summed E-state index contributed by atoms with van der Waals surface area (Å²) in [4.78, 5) is 30.3. The number of aryl methyl sites for hydroxylation is 4. The molecule has 0 aliphatic heterocycles. The molecular formula is C21H20N4O2. The second-order valence-electron chi connectivity index (χ2n) is 6.88. The second-order valence-corrected chi connectivity index (χ2v) is 6.88. The third kappa shape index (κ3) is 2.70. The van der Waals surface area contributed by atoms with E-state index in [1.54, 1.807) is 23.9 Å². The lowest BCUT2D eigenvalue weighted by Gasteiger charge is -2.08. The van der Waals surface area contributed by atoms with Crippen LogP contribution in [-0.4, -0.2) is 19.9 Å². The molecule has 3 heterocycles. The first-order chi connectivity index (χ1) is 12.9. The molecule has 1 aromatic carbocycles. The van der Waals surface area contributed by atoms with Crippen LogP contribution in [0.1, 0.15) is 27.2 Å². The highest BCUT2D eigenvalue weighted by molar-refractivity contribution is 6.06. The number of anilines is 1. The molecule has 3 aromatic heterocycles. The molecule has 0 unspecified atom stereocenters. The molecule has 0 atom stereocenters. The molecule has 136 valence electrons. The van der Waals surface area contributed by atoms with Gasteiger partial charge >= 0.3 is 0 Å². The number of nitrogens with one attached hydrogen (secondary N) is 1. The van der Waals surface area contributed by atoms with Crippen LogP contribution in [0, 0.1) is 20.8 Å². The van der Waals surface area contributed by atoms with Crippen molar-refractivity contribution < 1.29 is 4.79 Å². The summed E-state index contributed by atoms with van der Waals surface area (Å²) in [6, 6.07) is 11.1. The molecule has 6 heteroatoms. The van der Waals surface area contributed by atoms with Gasteiger partial charge in [-0.25, -0.2) is 4.98 Å². The van der Waals surface area contributed by atoms with E-state index in [0.29, 0.717) is 22.4 Å². The summed E-state index contributed by atoms with van der Waals surface area (Å²) in [5.41, 5.74) is 5.19. The van der Waals surface area contributed by atoms with E-state index in [1.165, 1.54) is 4.40 Å². The van der Waals surface area contributed by atoms with Crippen molar-refractivity contribution in [3.05, 3.63) is 75.3 Å². The van der Waals surface area contributed by atoms with E-state index < -0.39 is 0 Å². The van der Waals surface area contributed by atoms with E-state index in [9.17, 15) is 9.59 Å². The fourth-order valence-electron chi connectivity index (χ4n) is 3.26. The smallest absolute Gasteiger partial charge is 0.272 e. The largest absolute Gasteiger partial charge is 0.324 e. The van der Waals surface area contributed by atoms with Crippen molar-refractivity contribution in [2.45, 2.75) is 20.8 Å². The van der Waals surface area contributed by atoms with Gasteiger partial charge in [-0.15, -0.1) is 0 Å². The number of nitrogens with zero attached hydrogens (tertiary/aromatic N) is 3. The van der Waals surface area contributed by atoms with E-state index >= 15 is 0 Å². The average molecular weight is 360 g/mol. The lowest BCUT2D eigenvalue weighted by molar-refractivity contribution is 0.101. The Morgan fingerprint density at radius 3 is 2.52 bits per heavy atom. The Morgan fingerprint density at radius 1 is 1.00 bits per heavy atom. The Hall–Kier alpha value is -3.41. The topological polar surface area (TPSA) is 68.4 Å². The number of aromatic nitrogens is 3. The van der Waals surface area contributed by atoms with Crippen molar-refractivity contribution in [2.75, 3.05) is 5.32 Å². The van der Waals surface area contributed by atoms with Crippen LogP contribution in [0.15, 0.2) is 47.4 Å². The number of carbonyl (C=O) groups excluding carboxylic acids is 1. The number of hydrogen-bond donors (Lipinski definition) is 1. The molecule has 0 radical (unpaired) electrons. The van der Waals surface area contributed by atoms with E-state index in [0.717, 1.165) is 22.4 Å². The minimum absolute atomic E-state index is 0.181. The predicted molar refractivity (Wildman–Crippen MR) is 107 cm³/mol. The first kappa shape index (κ1) is 17.0. The summed E-state index contributed by atoms with van der Waals surface area (Å²) in [5, 5.41) is 3.33. The predicted octanol–water partition coefficient (Wildman–Crippen LogP) is 3.36. The number of fused-ring (bicyclic) bond motifs is 2. The normalized spacial score (nSPS) is 11.3. The minimum Gasteiger partial charge on any atom is -0.324 e. The van der Waals surface area contributed by atoms with Gasteiger partial charge in [0.2, 0.25) is 0 Å². The molecule has 4 aromatic rings. The first-order valence-electron chi connectivity index (χ1n) is 8.73. The monoisotopic (exact) mass is 360 g/mol. The molecule has 0 fully saturated rings. The lowest BCUT2D eigenvalue weighted by Crippen LogP contribution is -2.16. The maximum Gasteiger partial charge on any atom is 0.272 e. The van der Waals surface area contributed by atoms with Gasteiger partial charge in [-0.05, 0) is 61.7 Å². The number of rotatable bonds is 2. The van der Waals surface area contributed by atoms with Crippen molar-refractivity contribution in [2.24, 2.45) is 7.05 Å². The zero-order chi connectivity index (χ0) is 19.3. The Labute approximate surface area is 156 Å². The van der Waals surface area contributed by atoms with Crippen molar-refractivity contribution in [1.29, 1.82) is 0 Å². The summed E-state index contributed by atoms with van der Waals surface area (Å²) >= 11 is 0. The van der Waals surface area contributed by atoms with Crippen LogP contribution in [0.2, 0.25) is 0 Å². The molecule has 0 bridgehead atoms. The van der Waals surface area contributed by atoms with Crippen molar-refractivity contribution >= 4 is 28.3 Å². The Morgan fingerprint density at radius 2 is 1.78 bits per heavy atom. The quantitative estimate of drug-likeness (QED) is 0.596. The number of pyridine rings is 1. The standard InChI is InChI=1S/C21H20N4O2/c1-12-7-8-15(10-14(12)3)22-20(26)17-11-16-19(24(17)4)23-18-13(2)6-5-9-25(18)21(16)27/h5-11H,1-4H3,(H,22,26). The Bertz CT molecular complexity index is 1280. The maximum atomic E-state index is 12.8. The molecule has 6 nitrogen and oxygen atoms in total. The van der Waals surface area contributed by atoms with Crippen molar-refractivity contribution in [3.63, 3.8) is 0 Å².